The fourth-order valence-electron chi connectivity index (χ4n) is 2.90. The molecule has 0 unspecified atom stereocenters. The van der Waals surface area contributed by atoms with Crippen LogP contribution < -0.4 is 11.3 Å². The number of hydrogen-bond acceptors (Lipinski definition) is 4. The van der Waals surface area contributed by atoms with Gasteiger partial charge in [0.05, 0.1) is 5.69 Å². The number of nitrogens with zero attached hydrogens (tertiary/aromatic N) is 3. The van der Waals surface area contributed by atoms with Gasteiger partial charge in [0, 0.05) is 36.3 Å². The van der Waals surface area contributed by atoms with Crippen molar-refractivity contribution in [3.8, 4) is 11.3 Å². The Balaban J connectivity index is 0.00000364. The summed E-state index contributed by atoms with van der Waals surface area (Å²) in [5, 5.41) is 4.53. The molecule has 5 nitrogen and oxygen atoms in total. The molecule has 0 saturated carbocycles. The van der Waals surface area contributed by atoms with Crippen LogP contribution in [0.25, 0.3) is 11.3 Å². The number of hydrogen-bond donors (Lipinski definition) is 1. The smallest absolute Gasteiger partial charge is 0.271 e. The van der Waals surface area contributed by atoms with Gasteiger partial charge in [-0.05, 0) is 43.3 Å². The van der Waals surface area contributed by atoms with Gasteiger partial charge in [-0.3, -0.25) is 9.69 Å². The molecule has 0 amide bonds. The van der Waals surface area contributed by atoms with Gasteiger partial charge < -0.3 is 5.73 Å². The molecule has 1 aromatic carbocycles. The fraction of sp³-hybridized carbons (Fsp3) is 0.500. The molecule has 0 aliphatic heterocycles. The van der Waals surface area contributed by atoms with E-state index < -0.39 is 0 Å². The highest BCUT2D eigenvalue weighted by atomic mass is 35.5. The second-order valence-corrected chi connectivity index (χ2v) is 6.91. The summed E-state index contributed by atoms with van der Waals surface area (Å²) in [6.07, 6.45) is 0. The molecule has 2 rings (SSSR count). The third-order valence-electron chi connectivity index (χ3n) is 4.44. The Morgan fingerprint density at radius 1 is 1.19 bits per heavy atom. The molecule has 2 aromatic rings. The van der Waals surface area contributed by atoms with Crippen LogP contribution in [0.15, 0.2) is 29.1 Å². The first kappa shape index (κ1) is 23.3. The Hall–Kier alpha value is -1.76. The molecular weight excluding hydrogens is 367 g/mol. The maximum Gasteiger partial charge on any atom is 0.271 e. The Bertz CT molecular complexity index is 803. The van der Waals surface area contributed by atoms with Crippen LogP contribution >= 0.6 is 12.4 Å². The van der Waals surface area contributed by atoms with E-state index in [9.17, 15) is 9.18 Å². The SMILES string of the molecule is CCN(CC)Cc1cc(-c2ccc(F)c(CN)c2)nn(CC(C)C)c1=O.Cl. The van der Waals surface area contributed by atoms with Gasteiger partial charge in [0.15, 0.2) is 0 Å². The fourth-order valence-corrected chi connectivity index (χ4v) is 2.90. The van der Waals surface area contributed by atoms with E-state index in [0.717, 1.165) is 18.7 Å². The van der Waals surface area contributed by atoms with Crippen molar-refractivity contribution in [2.75, 3.05) is 13.1 Å². The lowest BCUT2D eigenvalue weighted by Gasteiger charge is -2.19. The number of nitrogens with two attached hydrogens (primary N) is 1. The number of halogens is 2. The highest BCUT2D eigenvalue weighted by molar-refractivity contribution is 5.85. The lowest BCUT2D eigenvalue weighted by atomic mass is 10.1. The molecule has 2 N–H and O–H groups in total. The van der Waals surface area contributed by atoms with Crippen molar-refractivity contribution in [3.63, 3.8) is 0 Å². The van der Waals surface area contributed by atoms with Gasteiger partial charge in [-0.25, -0.2) is 9.07 Å². The molecule has 0 aliphatic rings. The summed E-state index contributed by atoms with van der Waals surface area (Å²) in [7, 11) is 0. The predicted octanol–water partition coefficient (Wildman–Crippen LogP) is 3.43. The zero-order valence-electron chi connectivity index (χ0n) is 16.5. The summed E-state index contributed by atoms with van der Waals surface area (Å²) in [6, 6.07) is 6.62. The largest absolute Gasteiger partial charge is 0.326 e. The van der Waals surface area contributed by atoms with Gasteiger partial charge in [-0.1, -0.05) is 27.7 Å². The zero-order valence-corrected chi connectivity index (χ0v) is 17.4. The highest BCUT2D eigenvalue weighted by Gasteiger charge is 2.14. The molecule has 0 radical (unpaired) electrons. The first-order valence-corrected chi connectivity index (χ1v) is 9.21. The van der Waals surface area contributed by atoms with Crippen molar-refractivity contribution < 1.29 is 4.39 Å². The minimum absolute atomic E-state index is 0. The van der Waals surface area contributed by atoms with Crippen LogP contribution in [-0.4, -0.2) is 27.8 Å². The van der Waals surface area contributed by atoms with Crippen molar-refractivity contribution in [2.24, 2.45) is 11.7 Å². The molecule has 1 aromatic heterocycles. The maximum absolute atomic E-state index is 13.8. The normalized spacial score (nSPS) is 11.1. The number of benzene rings is 1. The van der Waals surface area contributed by atoms with Crippen LogP contribution in [0, 0.1) is 11.7 Å². The number of aromatic nitrogens is 2. The van der Waals surface area contributed by atoms with Gasteiger partial charge in [0.25, 0.3) is 5.56 Å². The van der Waals surface area contributed by atoms with E-state index >= 15 is 0 Å². The van der Waals surface area contributed by atoms with E-state index in [2.05, 4.69) is 37.7 Å². The minimum Gasteiger partial charge on any atom is -0.326 e. The van der Waals surface area contributed by atoms with Crippen molar-refractivity contribution in [1.82, 2.24) is 14.7 Å². The van der Waals surface area contributed by atoms with Crippen molar-refractivity contribution in [2.45, 2.75) is 47.3 Å². The van der Waals surface area contributed by atoms with Crippen LogP contribution in [0.2, 0.25) is 0 Å². The van der Waals surface area contributed by atoms with Gasteiger partial charge in [0.1, 0.15) is 5.82 Å². The van der Waals surface area contributed by atoms with Gasteiger partial charge in [-0.2, -0.15) is 5.10 Å². The Labute approximate surface area is 166 Å². The Morgan fingerprint density at radius 2 is 1.85 bits per heavy atom. The standard InChI is InChI=1S/C20H29FN4O.ClH/c1-5-24(6-2)13-17-10-19(23-25(20(17)26)12-14(3)4)15-7-8-18(21)16(9-15)11-22;/h7-10,14H,5-6,11-13,22H2,1-4H3;1H. The molecule has 0 saturated heterocycles. The topological polar surface area (TPSA) is 64.2 Å². The van der Waals surface area contributed by atoms with E-state index in [0.29, 0.717) is 35.8 Å². The van der Waals surface area contributed by atoms with Gasteiger partial charge in [0.2, 0.25) is 0 Å². The third kappa shape index (κ3) is 5.86. The first-order chi connectivity index (χ1) is 12.4. The van der Waals surface area contributed by atoms with Crippen molar-refractivity contribution in [1.29, 1.82) is 0 Å². The summed E-state index contributed by atoms with van der Waals surface area (Å²) in [4.78, 5) is 15.0. The number of rotatable bonds is 8. The Morgan fingerprint density at radius 3 is 2.41 bits per heavy atom. The summed E-state index contributed by atoms with van der Waals surface area (Å²) < 4.78 is 15.3. The van der Waals surface area contributed by atoms with Crippen molar-refractivity contribution >= 4 is 12.4 Å². The molecule has 1 heterocycles. The van der Waals surface area contributed by atoms with Crippen LogP contribution in [0.5, 0.6) is 0 Å². The predicted molar refractivity (Wildman–Crippen MR) is 110 cm³/mol. The van der Waals surface area contributed by atoms with Crippen LogP contribution in [0.3, 0.4) is 0 Å². The van der Waals surface area contributed by atoms with Gasteiger partial charge in [-0.15, -0.1) is 12.4 Å². The molecule has 0 fully saturated rings. The molecule has 0 aliphatic carbocycles. The second kappa shape index (κ2) is 10.5. The second-order valence-electron chi connectivity index (χ2n) is 6.91. The lowest BCUT2D eigenvalue weighted by Crippen LogP contribution is -2.32. The quantitative estimate of drug-likeness (QED) is 0.742. The maximum atomic E-state index is 13.8. The molecule has 0 spiro atoms. The van der Waals surface area contributed by atoms with Crippen LogP contribution in [-0.2, 0) is 19.6 Å². The summed E-state index contributed by atoms with van der Waals surface area (Å²) in [6.45, 7) is 11.2. The van der Waals surface area contributed by atoms with E-state index in [4.69, 9.17) is 5.73 Å². The average molecular weight is 397 g/mol. The van der Waals surface area contributed by atoms with Crippen molar-refractivity contribution in [3.05, 3.63) is 51.6 Å². The molecule has 0 bridgehead atoms. The highest BCUT2D eigenvalue weighted by Crippen LogP contribution is 2.21. The first-order valence-electron chi connectivity index (χ1n) is 9.21. The van der Waals surface area contributed by atoms with E-state index in [1.807, 2.05) is 6.07 Å². The van der Waals surface area contributed by atoms with Gasteiger partial charge >= 0.3 is 0 Å². The van der Waals surface area contributed by atoms with E-state index in [-0.39, 0.29) is 30.3 Å². The average Bonchev–Trinajstić information content (AvgIpc) is 2.62. The third-order valence-corrected chi connectivity index (χ3v) is 4.44. The molecule has 27 heavy (non-hydrogen) atoms. The van der Waals surface area contributed by atoms with Crippen LogP contribution in [0.1, 0.15) is 38.8 Å². The molecular formula is C20H30ClFN4O. The summed E-state index contributed by atoms with van der Waals surface area (Å²) in [5.74, 6) is -0.0281. The van der Waals surface area contributed by atoms with Crippen LogP contribution in [0.4, 0.5) is 4.39 Å². The summed E-state index contributed by atoms with van der Waals surface area (Å²) >= 11 is 0. The lowest BCUT2D eigenvalue weighted by molar-refractivity contribution is 0.292. The minimum atomic E-state index is -0.324. The zero-order chi connectivity index (χ0) is 19.3. The molecule has 7 heteroatoms. The Kier molecular flexibility index (Phi) is 9.09. The molecule has 0 atom stereocenters. The molecule has 150 valence electrons. The van der Waals surface area contributed by atoms with E-state index in [1.54, 1.807) is 12.1 Å². The van der Waals surface area contributed by atoms with E-state index in [1.165, 1.54) is 10.7 Å². The summed E-state index contributed by atoms with van der Waals surface area (Å²) in [5.41, 5.74) is 8.15. The monoisotopic (exact) mass is 396 g/mol.